The molecule has 0 bridgehead atoms. The van der Waals surface area contributed by atoms with Crippen LogP contribution >= 0.6 is 0 Å². The molecule has 0 amide bonds. The minimum Gasteiger partial charge on any atom is -0.261 e. The van der Waals surface area contributed by atoms with Gasteiger partial charge in [-0.1, -0.05) is 6.58 Å². The maximum atomic E-state index is 11.3. The minimum absolute atomic E-state index is 0.468. The fourth-order valence-corrected chi connectivity index (χ4v) is 0.583. The molecular weight excluding hydrogens is 166 g/mol. The van der Waals surface area contributed by atoms with Gasteiger partial charge in [0.15, 0.2) is 0 Å². The average Bonchev–Trinajstić information content (AvgIpc) is 1.85. The van der Waals surface area contributed by atoms with Crippen molar-refractivity contribution in [2.45, 2.75) is 6.43 Å². The lowest BCUT2D eigenvalue weighted by Gasteiger charge is -1.97. The van der Waals surface area contributed by atoms with E-state index in [1.54, 1.807) is 0 Å². The molecule has 0 aliphatic carbocycles. The van der Waals surface area contributed by atoms with Gasteiger partial charge in [-0.2, -0.15) is 8.42 Å². The molecule has 0 rings (SSSR count). The first-order valence-corrected chi connectivity index (χ1v) is 3.75. The summed E-state index contributed by atoms with van der Waals surface area (Å²) in [6.45, 7) is 1.74. The van der Waals surface area contributed by atoms with Crippen molar-refractivity contribution in [1.82, 2.24) is 0 Å². The molecule has 0 fully saturated rings. The highest BCUT2D eigenvalue weighted by Gasteiger charge is 2.09. The second-order valence-electron chi connectivity index (χ2n) is 1.34. The van der Waals surface area contributed by atoms with Gasteiger partial charge in [-0.3, -0.25) is 4.18 Å². The SMILES string of the molecule is C=CS(=O)(=O)OCC(F)F. The molecule has 0 aromatic carbocycles. The molecule has 3 nitrogen and oxygen atoms in total. The van der Waals surface area contributed by atoms with Crippen molar-refractivity contribution in [1.29, 1.82) is 0 Å². The number of hydrogen-bond donors (Lipinski definition) is 0. The monoisotopic (exact) mass is 172 g/mol. The first-order chi connectivity index (χ1) is 4.48. The summed E-state index contributed by atoms with van der Waals surface area (Å²) < 4.78 is 46.8. The summed E-state index contributed by atoms with van der Waals surface area (Å²) in [6.07, 6.45) is -2.78. The van der Waals surface area contributed by atoms with E-state index in [0.29, 0.717) is 5.41 Å². The van der Waals surface area contributed by atoms with Crippen molar-refractivity contribution < 1.29 is 21.4 Å². The van der Waals surface area contributed by atoms with Gasteiger partial charge in [-0.05, 0) is 0 Å². The third kappa shape index (κ3) is 4.39. The lowest BCUT2D eigenvalue weighted by atomic mass is 10.8. The molecule has 0 aromatic heterocycles. The molecule has 0 unspecified atom stereocenters. The molecule has 0 saturated carbocycles. The molecule has 0 aliphatic heterocycles. The zero-order valence-corrected chi connectivity index (χ0v) is 5.77. The maximum absolute atomic E-state index is 11.3. The quantitative estimate of drug-likeness (QED) is 0.587. The van der Waals surface area contributed by atoms with Gasteiger partial charge in [0.2, 0.25) is 0 Å². The van der Waals surface area contributed by atoms with Crippen LogP contribution in [0.5, 0.6) is 0 Å². The number of halogens is 2. The van der Waals surface area contributed by atoms with Gasteiger partial charge < -0.3 is 0 Å². The van der Waals surface area contributed by atoms with Gasteiger partial charge in [-0.25, -0.2) is 8.78 Å². The zero-order valence-electron chi connectivity index (χ0n) is 4.96. The second kappa shape index (κ2) is 3.62. The number of alkyl halides is 2. The summed E-state index contributed by atoms with van der Waals surface area (Å²) in [4.78, 5) is 0. The topological polar surface area (TPSA) is 43.4 Å². The van der Waals surface area contributed by atoms with Gasteiger partial charge in [0, 0.05) is 0 Å². The van der Waals surface area contributed by atoms with Crippen LogP contribution in [0, 0.1) is 0 Å². The van der Waals surface area contributed by atoms with E-state index in [4.69, 9.17) is 0 Å². The van der Waals surface area contributed by atoms with Gasteiger partial charge in [-0.15, -0.1) is 0 Å². The molecule has 10 heavy (non-hydrogen) atoms. The highest BCUT2D eigenvalue weighted by atomic mass is 32.2. The van der Waals surface area contributed by atoms with Crippen molar-refractivity contribution in [2.75, 3.05) is 6.61 Å². The summed E-state index contributed by atoms with van der Waals surface area (Å²) in [7, 11) is -3.93. The predicted molar refractivity (Wildman–Crippen MR) is 31.1 cm³/mol. The summed E-state index contributed by atoms with van der Waals surface area (Å²) in [6, 6.07) is 0. The number of rotatable bonds is 4. The fraction of sp³-hybridized carbons (Fsp3) is 0.500. The first-order valence-electron chi connectivity index (χ1n) is 2.28. The average molecular weight is 172 g/mol. The summed E-state index contributed by atoms with van der Waals surface area (Å²) in [5.74, 6) is 0. The lowest BCUT2D eigenvalue weighted by Crippen LogP contribution is -2.09. The Morgan fingerprint density at radius 2 is 2.10 bits per heavy atom. The minimum atomic E-state index is -3.93. The highest BCUT2D eigenvalue weighted by Crippen LogP contribution is 1.98. The van der Waals surface area contributed by atoms with Crippen LogP contribution in [0.15, 0.2) is 12.0 Å². The van der Waals surface area contributed by atoms with Crippen molar-refractivity contribution in [3.05, 3.63) is 12.0 Å². The van der Waals surface area contributed by atoms with Crippen LogP contribution in [0.1, 0.15) is 0 Å². The fourth-order valence-electron chi connectivity index (χ4n) is 0.194. The summed E-state index contributed by atoms with van der Waals surface area (Å²) in [5, 5.41) is 0.468. The molecule has 0 atom stereocenters. The van der Waals surface area contributed by atoms with E-state index in [1.807, 2.05) is 0 Å². The largest absolute Gasteiger partial charge is 0.289 e. The van der Waals surface area contributed by atoms with E-state index in [0.717, 1.165) is 0 Å². The Hall–Kier alpha value is -0.490. The lowest BCUT2D eigenvalue weighted by molar-refractivity contribution is 0.0857. The van der Waals surface area contributed by atoms with Crippen molar-refractivity contribution >= 4 is 10.1 Å². The standard InChI is InChI=1S/C4H6F2O3S/c1-2-10(7,8)9-3-4(5)6/h2,4H,1,3H2. The predicted octanol–water partition coefficient (Wildman–Crippen LogP) is 0.741. The molecule has 0 aromatic rings. The van der Waals surface area contributed by atoms with E-state index >= 15 is 0 Å². The van der Waals surface area contributed by atoms with Gasteiger partial charge in [0.1, 0.15) is 6.61 Å². The zero-order chi connectivity index (χ0) is 8.20. The Morgan fingerprint density at radius 1 is 1.60 bits per heavy atom. The van der Waals surface area contributed by atoms with Crippen LogP contribution in [0.3, 0.4) is 0 Å². The van der Waals surface area contributed by atoms with Crippen LogP contribution in [0.25, 0.3) is 0 Å². The van der Waals surface area contributed by atoms with Crippen LogP contribution in [-0.2, 0) is 14.3 Å². The van der Waals surface area contributed by atoms with E-state index in [2.05, 4.69) is 10.8 Å². The Labute approximate surface area is 57.4 Å². The Balaban J connectivity index is 3.81. The van der Waals surface area contributed by atoms with Crippen LogP contribution < -0.4 is 0 Å². The Bertz CT molecular complexity index is 197. The molecule has 0 aliphatic rings. The van der Waals surface area contributed by atoms with E-state index < -0.39 is 23.2 Å². The van der Waals surface area contributed by atoms with Crippen LogP contribution in [0.4, 0.5) is 8.78 Å². The molecule has 0 spiro atoms. The van der Waals surface area contributed by atoms with E-state index in [1.165, 1.54) is 0 Å². The molecule has 0 saturated heterocycles. The van der Waals surface area contributed by atoms with Crippen molar-refractivity contribution in [3.8, 4) is 0 Å². The third-order valence-electron chi connectivity index (χ3n) is 0.562. The van der Waals surface area contributed by atoms with Crippen molar-refractivity contribution in [3.63, 3.8) is 0 Å². The molecular formula is C4H6F2O3S. The Morgan fingerprint density at radius 3 is 2.40 bits per heavy atom. The maximum Gasteiger partial charge on any atom is 0.289 e. The van der Waals surface area contributed by atoms with Crippen molar-refractivity contribution in [2.24, 2.45) is 0 Å². The Kier molecular flexibility index (Phi) is 3.45. The van der Waals surface area contributed by atoms with Gasteiger partial charge in [0.05, 0.1) is 5.41 Å². The highest BCUT2D eigenvalue weighted by molar-refractivity contribution is 7.89. The third-order valence-corrected chi connectivity index (χ3v) is 1.44. The van der Waals surface area contributed by atoms with Crippen LogP contribution in [-0.4, -0.2) is 21.5 Å². The van der Waals surface area contributed by atoms with Crippen LogP contribution in [0.2, 0.25) is 0 Å². The number of hydrogen-bond acceptors (Lipinski definition) is 3. The summed E-state index contributed by atoms with van der Waals surface area (Å²) in [5.41, 5.74) is 0. The second-order valence-corrected chi connectivity index (χ2v) is 2.89. The van der Waals surface area contributed by atoms with Gasteiger partial charge in [0.25, 0.3) is 16.5 Å². The van der Waals surface area contributed by atoms with E-state index in [-0.39, 0.29) is 0 Å². The molecule has 6 heteroatoms. The molecule has 0 heterocycles. The van der Waals surface area contributed by atoms with Gasteiger partial charge >= 0.3 is 0 Å². The van der Waals surface area contributed by atoms with E-state index in [9.17, 15) is 17.2 Å². The molecule has 60 valence electrons. The first kappa shape index (κ1) is 9.51. The molecule has 0 radical (unpaired) electrons. The molecule has 0 N–H and O–H groups in total. The summed E-state index contributed by atoms with van der Waals surface area (Å²) >= 11 is 0. The smallest absolute Gasteiger partial charge is 0.261 e. The normalized spacial score (nSPS) is 11.9.